The van der Waals surface area contributed by atoms with Crippen molar-refractivity contribution in [1.82, 2.24) is 0 Å². The second-order valence-electron chi connectivity index (χ2n) is 4.88. The molecule has 0 unspecified atom stereocenters. The minimum atomic E-state index is -0.245. The Balaban J connectivity index is 3.09. The van der Waals surface area contributed by atoms with E-state index in [0.29, 0.717) is 6.42 Å². The molecule has 16 heavy (non-hydrogen) atoms. The van der Waals surface area contributed by atoms with Crippen LogP contribution in [-0.4, -0.2) is 5.91 Å². The van der Waals surface area contributed by atoms with Gasteiger partial charge in [-0.2, -0.15) is 0 Å². The van der Waals surface area contributed by atoms with Crippen molar-refractivity contribution >= 4 is 5.91 Å². The molecule has 0 heterocycles. The molecule has 0 aromatic carbocycles. The SMILES string of the molecule is CC(C)CCCCCCC/C=C\CC(N)=O. The van der Waals surface area contributed by atoms with Crippen LogP contribution in [0.5, 0.6) is 0 Å². The second kappa shape index (κ2) is 10.7. The molecule has 94 valence electrons. The normalized spacial score (nSPS) is 11.4. The van der Waals surface area contributed by atoms with Gasteiger partial charge in [-0.1, -0.05) is 58.1 Å². The summed E-state index contributed by atoms with van der Waals surface area (Å²) in [4.78, 5) is 10.4. The van der Waals surface area contributed by atoms with Crippen molar-refractivity contribution in [1.29, 1.82) is 0 Å². The van der Waals surface area contributed by atoms with E-state index in [9.17, 15) is 4.79 Å². The molecule has 0 saturated heterocycles. The van der Waals surface area contributed by atoms with E-state index in [-0.39, 0.29) is 5.91 Å². The molecular formula is C14H27NO. The lowest BCUT2D eigenvalue weighted by Gasteiger charge is -2.03. The largest absolute Gasteiger partial charge is 0.369 e. The first-order valence-electron chi connectivity index (χ1n) is 6.56. The zero-order valence-electron chi connectivity index (χ0n) is 10.9. The van der Waals surface area contributed by atoms with Gasteiger partial charge in [-0.25, -0.2) is 0 Å². The maximum absolute atomic E-state index is 10.4. The van der Waals surface area contributed by atoms with E-state index in [4.69, 9.17) is 5.73 Å². The van der Waals surface area contributed by atoms with E-state index in [0.717, 1.165) is 12.3 Å². The number of hydrogen-bond donors (Lipinski definition) is 1. The minimum Gasteiger partial charge on any atom is -0.369 e. The molecule has 0 aliphatic rings. The molecule has 0 rings (SSSR count). The fourth-order valence-corrected chi connectivity index (χ4v) is 1.66. The molecule has 0 atom stereocenters. The smallest absolute Gasteiger partial charge is 0.221 e. The molecule has 0 aromatic heterocycles. The predicted molar refractivity (Wildman–Crippen MR) is 70.1 cm³/mol. The summed E-state index contributed by atoms with van der Waals surface area (Å²) in [5, 5.41) is 0. The van der Waals surface area contributed by atoms with Gasteiger partial charge in [0, 0.05) is 6.42 Å². The lowest BCUT2D eigenvalue weighted by molar-refractivity contribution is -0.117. The van der Waals surface area contributed by atoms with Crippen LogP contribution in [0.3, 0.4) is 0 Å². The average Bonchev–Trinajstić information content (AvgIpc) is 2.20. The Morgan fingerprint density at radius 2 is 1.69 bits per heavy atom. The molecule has 0 saturated carbocycles. The van der Waals surface area contributed by atoms with Crippen LogP contribution in [0.2, 0.25) is 0 Å². The van der Waals surface area contributed by atoms with Gasteiger partial charge in [0.25, 0.3) is 0 Å². The molecule has 0 bridgehead atoms. The van der Waals surface area contributed by atoms with Crippen LogP contribution in [0.15, 0.2) is 12.2 Å². The highest BCUT2D eigenvalue weighted by Crippen LogP contribution is 2.11. The Kier molecular flexibility index (Phi) is 10.2. The van der Waals surface area contributed by atoms with Gasteiger partial charge in [-0.15, -0.1) is 0 Å². The van der Waals surface area contributed by atoms with E-state index in [1.165, 1.54) is 38.5 Å². The van der Waals surface area contributed by atoms with Crippen molar-refractivity contribution < 1.29 is 4.79 Å². The van der Waals surface area contributed by atoms with Gasteiger partial charge < -0.3 is 5.73 Å². The molecule has 0 spiro atoms. The molecule has 0 radical (unpaired) electrons. The zero-order valence-corrected chi connectivity index (χ0v) is 10.9. The summed E-state index contributed by atoms with van der Waals surface area (Å²) in [5.74, 6) is 0.599. The third-order valence-electron chi connectivity index (χ3n) is 2.64. The first-order chi connectivity index (χ1) is 7.63. The molecule has 1 amide bonds. The number of nitrogens with two attached hydrogens (primary N) is 1. The summed E-state index contributed by atoms with van der Waals surface area (Å²) < 4.78 is 0. The monoisotopic (exact) mass is 225 g/mol. The Morgan fingerprint density at radius 1 is 1.06 bits per heavy atom. The summed E-state index contributed by atoms with van der Waals surface area (Å²) in [6.07, 6.45) is 13.4. The Hall–Kier alpha value is -0.790. The first kappa shape index (κ1) is 15.2. The molecule has 0 aromatic rings. The number of carbonyl (C=O) groups is 1. The number of allylic oxidation sites excluding steroid dienone is 1. The van der Waals surface area contributed by atoms with Gasteiger partial charge in [-0.05, 0) is 18.8 Å². The van der Waals surface area contributed by atoms with Crippen molar-refractivity contribution in [3.05, 3.63) is 12.2 Å². The highest BCUT2D eigenvalue weighted by Gasteiger charge is 1.94. The van der Waals surface area contributed by atoms with Crippen LogP contribution in [0.4, 0.5) is 0 Å². The second-order valence-corrected chi connectivity index (χ2v) is 4.88. The van der Waals surface area contributed by atoms with Gasteiger partial charge in [-0.3, -0.25) is 4.79 Å². The number of amides is 1. The van der Waals surface area contributed by atoms with Gasteiger partial charge in [0.2, 0.25) is 5.91 Å². The standard InChI is InChI=1S/C14H27NO/c1-13(2)11-9-7-5-3-4-6-8-10-12-14(15)16/h8,10,13H,3-7,9,11-12H2,1-2H3,(H2,15,16)/b10-8-. The number of hydrogen-bond acceptors (Lipinski definition) is 1. The molecule has 0 aliphatic heterocycles. The lowest BCUT2D eigenvalue weighted by Crippen LogP contribution is -2.07. The molecular weight excluding hydrogens is 198 g/mol. The summed E-state index contributed by atoms with van der Waals surface area (Å²) in [5.41, 5.74) is 5.02. The summed E-state index contributed by atoms with van der Waals surface area (Å²) in [7, 11) is 0. The lowest BCUT2D eigenvalue weighted by atomic mass is 10.0. The quantitative estimate of drug-likeness (QED) is 0.446. The fraction of sp³-hybridized carbons (Fsp3) is 0.786. The molecule has 0 fully saturated rings. The Morgan fingerprint density at radius 3 is 2.31 bits per heavy atom. The van der Waals surface area contributed by atoms with Gasteiger partial charge in [0.05, 0.1) is 0 Å². The summed E-state index contributed by atoms with van der Waals surface area (Å²) in [6, 6.07) is 0. The van der Waals surface area contributed by atoms with E-state index in [2.05, 4.69) is 19.9 Å². The minimum absolute atomic E-state index is 0.245. The van der Waals surface area contributed by atoms with Crippen LogP contribution >= 0.6 is 0 Å². The first-order valence-corrected chi connectivity index (χ1v) is 6.56. The van der Waals surface area contributed by atoms with Gasteiger partial charge >= 0.3 is 0 Å². The van der Waals surface area contributed by atoms with Crippen molar-refractivity contribution in [2.24, 2.45) is 11.7 Å². The van der Waals surface area contributed by atoms with Crippen molar-refractivity contribution in [3.63, 3.8) is 0 Å². The third-order valence-corrected chi connectivity index (χ3v) is 2.64. The van der Waals surface area contributed by atoms with Crippen LogP contribution in [-0.2, 0) is 4.79 Å². The number of carbonyl (C=O) groups excluding carboxylic acids is 1. The van der Waals surface area contributed by atoms with E-state index >= 15 is 0 Å². The van der Waals surface area contributed by atoms with Crippen molar-refractivity contribution in [2.45, 2.75) is 65.2 Å². The average molecular weight is 225 g/mol. The highest BCUT2D eigenvalue weighted by molar-refractivity contribution is 5.75. The van der Waals surface area contributed by atoms with Gasteiger partial charge in [0.15, 0.2) is 0 Å². The number of primary amides is 1. The van der Waals surface area contributed by atoms with Crippen LogP contribution in [0.25, 0.3) is 0 Å². The summed E-state index contributed by atoms with van der Waals surface area (Å²) in [6.45, 7) is 4.56. The van der Waals surface area contributed by atoms with Crippen LogP contribution < -0.4 is 5.73 Å². The molecule has 2 heteroatoms. The van der Waals surface area contributed by atoms with Gasteiger partial charge in [0.1, 0.15) is 0 Å². The maximum Gasteiger partial charge on any atom is 0.221 e. The number of unbranched alkanes of at least 4 members (excludes halogenated alkanes) is 5. The fourth-order valence-electron chi connectivity index (χ4n) is 1.66. The van der Waals surface area contributed by atoms with Crippen LogP contribution in [0.1, 0.15) is 65.2 Å². The third kappa shape index (κ3) is 13.2. The molecule has 2 N–H and O–H groups in total. The van der Waals surface area contributed by atoms with E-state index < -0.39 is 0 Å². The van der Waals surface area contributed by atoms with E-state index in [1.54, 1.807) is 0 Å². The molecule has 2 nitrogen and oxygen atoms in total. The van der Waals surface area contributed by atoms with Crippen molar-refractivity contribution in [3.8, 4) is 0 Å². The Bertz CT molecular complexity index is 197. The van der Waals surface area contributed by atoms with Crippen LogP contribution in [0, 0.1) is 5.92 Å². The predicted octanol–water partition coefficient (Wildman–Crippen LogP) is 3.80. The van der Waals surface area contributed by atoms with E-state index in [1.807, 2.05) is 6.08 Å². The highest BCUT2D eigenvalue weighted by atomic mass is 16.1. The topological polar surface area (TPSA) is 43.1 Å². The maximum atomic E-state index is 10.4. The molecule has 0 aliphatic carbocycles. The van der Waals surface area contributed by atoms with Crippen molar-refractivity contribution in [2.75, 3.05) is 0 Å². The Labute approximate surface area is 100 Å². The number of rotatable bonds is 10. The zero-order chi connectivity index (χ0) is 12.2. The summed E-state index contributed by atoms with van der Waals surface area (Å²) >= 11 is 0.